The van der Waals surface area contributed by atoms with Crippen LogP contribution in [0, 0.1) is 11.2 Å². The molecule has 5 heteroatoms. The number of benzene rings is 1. The molecular weight excluding hydrogens is 309 g/mol. The van der Waals surface area contributed by atoms with Gasteiger partial charge in [0.1, 0.15) is 5.82 Å². The quantitative estimate of drug-likeness (QED) is 0.637. The van der Waals surface area contributed by atoms with E-state index in [0.29, 0.717) is 5.56 Å². The topological polar surface area (TPSA) is 55.4 Å². The molecule has 0 saturated carbocycles. The zero-order valence-corrected chi connectivity index (χ0v) is 15.0. The first-order chi connectivity index (χ1) is 11.0. The molecule has 0 fully saturated rings. The Morgan fingerprint density at radius 1 is 1.12 bits per heavy atom. The molecule has 0 aromatic heterocycles. The Bertz CT molecular complexity index is 598. The summed E-state index contributed by atoms with van der Waals surface area (Å²) in [7, 11) is 0. The van der Waals surface area contributed by atoms with Gasteiger partial charge < -0.3 is 10.1 Å². The molecule has 1 rings (SSSR count). The van der Waals surface area contributed by atoms with Gasteiger partial charge in [0.15, 0.2) is 6.61 Å². The van der Waals surface area contributed by atoms with Crippen molar-refractivity contribution >= 4 is 18.0 Å². The van der Waals surface area contributed by atoms with Crippen LogP contribution in [0.4, 0.5) is 4.39 Å². The van der Waals surface area contributed by atoms with Gasteiger partial charge >= 0.3 is 5.97 Å². The van der Waals surface area contributed by atoms with E-state index in [2.05, 4.69) is 26.1 Å². The first-order valence-corrected chi connectivity index (χ1v) is 7.88. The number of hydrogen-bond donors (Lipinski definition) is 1. The third-order valence-corrected chi connectivity index (χ3v) is 3.08. The van der Waals surface area contributed by atoms with Gasteiger partial charge in [0.25, 0.3) is 5.91 Å². The monoisotopic (exact) mass is 335 g/mol. The molecule has 0 heterocycles. The van der Waals surface area contributed by atoms with Crippen LogP contribution < -0.4 is 5.32 Å². The van der Waals surface area contributed by atoms with Crippen LogP contribution >= 0.6 is 0 Å². The van der Waals surface area contributed by atoms with Crippen LogP contribution in [0.15, 0.2) is 30.3 Å². The average molecular weight is 335 g/mol. The Morgan fingerprint density at radius 2 is 1.71 bits per heavy atom. The number of rotatable bonds is 6. The van der Waals surface area contributed by atoms with Crippen molar-refractivity contribution < 1.29 is 18.7 Å². The zero-order valence-electron chi connectivity index (χ0n) is 15.0. The van der Waals surface area contributed by atoms with Crippen molar-refractivity contribution in [3.63, 3.8) is 0 Å². The fraction of sp³-hybridized carbons (Fsp3) is 0.474. The molecule has 0 aliphatic carbocycles. The second-order valence-corrected chi connectivity index (χ2v) is 7.66. The molecule has 0 radical (unpaired) electrons. The van der Waals surface area contributed by atoms with Gasteiger partial charge in [-0.15, -0.1) is 0 Å². The summed E-state index contributed by atoms with van der Waals surface area (Å²) in [5.74, 6) is -1.31. The molecule has 4 nitrogen and oxygen atoms in total. The summed E-state index contributed by atoms with van der Waals surface area (Å²) < 4.78 is 17.7. The third-order valence-electron chi connectivity index (χ3n) is 3.08. The minimum atomic E-state index is -0.622. The Hall–Kier alpha value is -2.17. The number of hydrogen-bond acceptors (Lipinski definition) is 3. The van der Waals surface area contributed by atoms with Gasteiger partial charge in [-0.1, -0.05) is 32.9 Å². The predicted octanol–water partition coefficient (Wildman–Crippen LogP) is 3.71. The Labute approximate surface area is 143 Å². The van der Waals surface area contributed by atoms with E-state index in [9.17, 15) is 14.0 Å². The normalized spacial score (nSPS) is 12.2. The minimum Gasteiger partial charge on any atom is -0.452 e. The van der Waals surface area contributed by atoms with E-state index in [1.807, 2.05) is 13.8 Å². The highest BCUT2D eigenvalue weighted by Gasteiger charge is 2.27. The average Bonchev–Trinajstić information content (AvgIpc) is 2.41. The minimum absolute atomic E-state index is 0.0748. The van der Waals surface area contributed by atoms with E-state index < -0.39 is 5.97 Å². The maximum Gasteiger partial charge on any atom is 0.331 e. The molecule has 1 amide bonds. The van der Waals surface area contributed by atoms with Gasteiger partial charge in [-0.25, -0.2) is 9.18 Å². The fourth-order valence-corrected chi connectivity index (χ4v) is 2.71. The van der Waals surface area contributed by atoms with Gasteiger partial charge in [0.2, 0.25) is 0 Å². The highest BCUT2D eigenvalue weighted by molar-refractivity contribution is 5.89. The summed E-state index contributed by atoms with van der Waals surface area (Å²) in [5, 5.41) is 2.87. The molecule has 132 valence electrons. The second kappa shape index (κ2) is 8.08. The van der Waals surface area contributed by atoms with Crippen LogP contribution in [0.5, 0.6) is 0 Å². The van der Waals surface area contributed by atoms with Crippen LogP contribution in [-0.4, -0.2) is 24.0 Å². The van der Waals surface area contributed by atoms with Crippen LogP contribution in [0.25, 0.3) is 6.08 Å². The summed E-state index contributed by atoms with van der Waals surface area (Å²) in [6.07, 6.45) is 3.51. The van der Waals surface area contributed by atoms with Gasteiger partial charge in [0.05, 0.1) is 0 Å². The number of carbonyl (C=O) groups is 2. The Balaban J connectivity index is 2.43. The number of esters is 1. The highest BCUT2D eigenvalue weighted by atomic mass is 19.1. The summed E-state index contributed by atoms with van der Waals surface area (Å²) in [4.78, 5) is 23.5. The SMILES string of the molecule is CC(C)(C)CC(C)(C)NC(=O)COC(=O)/C=C/c1ccc(F)cc1. The van der Waals surface area contributed by atoms with Crippen LogP contribution in [0.1, 0.15) is 46.6 Å². The van der Waals surface area contributed by atoms with Gasteiger partial charge in [0, 0.05) is 11.6 Å². The van der Waals surface area contributed by atoms with Crippen molar-refractivity contribution in [3.8, 4) is 0 Å². The first-order valence-electron chi connectivity index (χ1n) is 7.88. The van der Waals surface area contributed by atoms with Gasteiger partial charge in [-0.3, -0.25) is 4.79 Å². The summed E-state index contributed by atoms with van der Waals surface area (Å²) in [6.45, 7) is 9.84. The molecule has 0 aliphatic rings. The summed E-state index contributed by atoms with van der Waals surface area (Å²) >= 11 is 0. The van der Waals surface area contributed by atoms with Crippen LogP contribution in [0.3, 0.4) is 0 Å². The molecule has 0 atom stereocenters. The van der Waals surface area contributed by atoms with E-state index in [4.69, 9.17) is 4.74 Å². The van der Waals surface area contributed by atoms with Crippen molar-refractivity contribution in [2.75, 3.05) is 6.61 Å². The van der Waals surface area contributed by atoms with Crippen molar-refractivity contribution in [2.45, 2.75) is 46.6 Å². The van der Waals surface area contributed by atoms with Crippen molar-refractivity contribution in [3.05, 3.63) is 41.7 Å². The zero-order chi connectivity index (χ0) is 18.4. The van der Waals surface area contributed by atoms with E-state index >= 15 is 0 Å². The smallest absolute Gasteiger partial charge is 0.331 e. The summed E-state index contributed by atoms with van der Waals surface area (Å²) in [6, 6.07) is 5.69. The molecule has 1 aromatic rings. The van der Waals surface area contributed by atoms with Crippen molar-refractivity contribution in [1.29, 1.82) is 0 Å². The standard InChI is InChI=1S/C19H26FNO3/c1-18(2,3)13-19(4,5)21-16(22)12-24-17(23)11-8-14-6-9-15(20)10-7-14/h6-11H,12-13H2,1-5H3,(H,21,22)/b11-8+. The highest BCUT2D eigenvalue weighted by Crippen LogP contribution is 2.26. The van der Waals surface area contributed by atoms with E-state index in [1.165, 1.54) is 24.3 Å². The largest absolute Gasteiger partial charge is 0.452 e. The molecule has 1 aromatic carbocycles. The lowest BCUT2D eigenvalue weighted by atomic mass is 9.82. The molecule has 0 aliphatic heterocycles. The van der Waals surface area contributed by atoms with Gasteiger partial charge in [-0.2, -0.15) is 0 Å². The molecular formula is C19H26FNO3. The number of ether oxygens (including phenoxy) is 1. The Morgan fingerprint density at radius 3 is 2.25 bits per heavy atom. The van der Waals surface area contributed by atoms with Crippen molar-refractivity contribution in [1.82, 2.24) is 5.32 Å². The number of halogens is 1. The molecule has 0 bridgehead atoms. The van der Waals surface area contributed by atoms with Gasteiger partial charge in [-0.05, 0) is 49.5 Å². The lowest BCUT2D eigenvalue weighted by Crippen LogP contribution is -2.47. The fourth-order valence-electron chi connectivity index (χ4n) is 2.71. The maximum atomic E-state index is 12.8. The molecule has 0 spiro atoms. The number of carbonyl (C=O) groups excluding carboxylic acids is 2. The Kier molecular flexibility index (Phi) is 6.70. The number of nitrogens with one attached hydrogen (secondary N) is 1. The number of amides is 1. The molecule has 1 N–H and O–H groups in total. The van der Waals surface area contributed by atoms with Crippen molar-refractivity contribution in [2.24, 2.45) is 5.41 Å². The third kappa shape index (κ3) is 8.46. The maximum absolute atomic E-state index is 12.8. The predicted molar refractivity (Wildman–Crippen MR) is 92.7 cm³/mol. The summed E-state index contributed by atoms with van der Waals surface area (Å²) in [5.41, 5.74) is 0.362. The first kappa shape index (κ1) is 19.9. The van der Waals surface area contributed by atoms with E-state index in [1.54, 1.807) is 12.1 Å². The second-order valence-electron chi connectivity index (χ2n) is 7.66. The molecule has 0 saturated heterocycles. The van der Waals surface area contributed by atoms with E-state index in [0.717, 1.165) is 6.42 Å². The van der Waals surface area contributed by atoms with Crippen LogP contribution in [0.2, 0.25) is 0 Å². The van der Waals surface area contributed by atoms with Crippen LogP contribution in [-0.2, 0) is 14.3 Å². The molecule has 0 unspecified atom stereocenters. The lowest BCUT2D eigenvalue weighted by Gasteiger charge is -2.33. The lowest BCUT2D eigenvalue weighted by molar-refractivity contribution is -0.144. The van der Waals surface area contributed by atoms with E-state index in [-0.39, 0.29) is 29.3 Å². The molecule has 24 heavy (non-hydrogen) atoms.